The first-order valence-electron chi connectivity index (χ1n) is 11.2. The molecule has 4 rings (SSSR count). The van der Waals surface area contributed by atoms with Gasteiger partial charge in [-0.05, 0) is 36.5 Å². The van der Waals surface area contributed by atoms with Gasteiger partial charge >= 0.3 is 6.18 Å². The smallest absolute Gasteiger partial charge is 0.453 e. The molecule has 1 N–H and O–H groups in total. The van der Waals surface area contributed by atoms with Gasteiger partial charge in [-0.1, -0.05) is 12.1 Å². The summed E-state index contributed by atoms with van der Waals surface area (Å²) in [6.07, 6.45) is -1.93. The molecular weight excluding hydrogens is 453 g/mol. The molecule has 0 bridgehead atoms. The maximum absolute atomic E-state index is 13.2. The molecule has 1 aromatic carbocycles. The summed E-state index contributed by atoms with van der Waals surface area (Å²) in [5, 5.41) is 13.8. The monoisotopic (exact) mass is 480 g/mol. The number of aromatic nitrogens is 3. The standard InChI is InChI=1S/C22H27F3N6O3/c1-33-13-10-26-20(32)14-34-17-4-2-15(3-5-17)16-8-11-30(12-9-16)19-7-6-18-27-28-21(22(23,24)25)31(18)29-19/h2-5,16H,6-14H2,1H3,(H,26,32). The molecule has 12 heteroatoms. The number of halogens is 3. The SMILES string of the molecule is COCCNC(=O)COc1ccc(C2CCN(C3=Nn4c(nnc4C(F)(F)F)CC3)CC2)cc1. The maximum Gasteiger partial charge on any atom is 0.453 e. The topological polar surface area (TPSA) is 93.9 Å². The Kier molecular flexibility index (Phi) is 7.35. The number of aryl methyl sites for hydroxylation is 1. The van der Waals surface area contributed by atoms with Crippen LogP contribution in [-0.2, 0) is 22.1 Å². The largest absolute Gasteiger partial charge is 0.484 e. The third-order valence-electron chi connectivity index (χ3n) is 5.96. The van der Waals surface area contributed by atoms with Gasteiger partial charge in [-0.15, -0.1) is 10.2 Å². The fourth-order valence-electron chi connectivity index (χ4n) is 4.16. The van der Waals surface area contributed by atoms with Gasteiger partial charge in [-0.25, -0.2) is 0 Å². The van der Waals surface area contributed by atoms with Gasteiger partial charge in [0.05, 0.1) is 6.61 Å². The van der Waals surface area contributed by atoms with Crippen LogP contribution in [0.15, 0.2) is 29.4 Å². The van der Waals surface area contributed by atoms with Crippen LogP contribution in [0, 0.1) is 0 Å². The van der Waals surface area contributed by atoms with E-state index in [0.29, 0.717) is 56.6 Å². The minimum Gasteiger partial charge on any atom is -0.484 e. The van der Waals surface area contributed by atoms with Gasteiger partial charge in [0.2, 0.25) is 0 Å². The van der Waals surface area contributed by atoms with Crippen molar-refractivity contribution in [1.29, 1.82) is 0 Å². The number of fused-ring (bicyclic) bond motifs is 1. The summed E-state index contributed by atoms with van der Waals surface area (Å²) in [6, 6.07) is 7.69. The van der Waals surface area contributed by atoms with Gasteiger partial charge in [0.15, 0.2) is 12.4 Å². The molecule has 1 amide bonds. The second kappa shape index (κ2) is 10.4. The van der Waals surface area contributed by atoms with E-state index >= 15 is 0 Å². The van der Waals surface area contributed by atoms with E-state index in [1.807, 2.05) is 24.3 Å². The van der Waals surface area contributed by atoms with Crippen LogP contribution in [0.4, 0.5) is 13.2 Å². The molecule has 34 heavy (non-hydrogen) atoms. The fourth-order valence-corrected chi connectivity index (χ4v) is 4.16. The predicted octanol–water partition coefficient (Wildman–Crippen LogP) is 2.43. The Labute approximate surface area is 194 Å². The van der Waals surface area contributed by atoms with E-state index in [4.69, 9.17) is 9.47 Å². The van der Waals surface area contributed by atoms with Crippen LogP contribution < -0.4 is 10.1 Å². The Balaban J connectivity index is 1.30. The van der Waals surface area contributed by atoms with Crippen molar-refractivity contribution in [2.24, 2.45) is 5.10 Å². The third kappa shape index (κ3) is 5.66. The van der Waals surface area contributed by atoms with Crippen molar-refractivity contribution in [3.63, 3.8) is 0 Å². The first-order chi connectivity index (χ1) is 16.3. The van der Waals surface area contributed by atoms with Crippen molar-refractivity contribution in [2.75, 3.05) is 40.0 Å². The van der Waals surface area contributed by atoms with E-state index in [0.717, 1.165) is 17.5 Å². The minimum atomic E-state index is -4.59. The van der Waals surface area contributed by atoms with Crippen LogP contribution in [0.5, 0.6) is 5.75 Å². The van der Waals surface area contributed by atoms with E-state index in [9.17, 15) is 18.0 Å². The number of ether oxygens (including phenoxy) is 2. The number of likely N-dealkylation sites (tertiary alicyclic amines) is 1. The first kappa shape index (κ1) is 24.0. The van der Waals surface area contributed by atoms with Crippen LogP contribution in [0.1, 0.15) is 42.4 Å². The van der Waals surface area contributed by atoms with E-state index in [2.05, 4.69) is 25.5 Å². The lowest BCUT2D eigenvalue weighted by Crippen LogP contribution is -2.40. The zero-order valence-corrected chi connectivity index (χ0v) is 18.8. The second-order valence-corrected chi connectivity index (χ2v) is 8.23. The summed E-state index contributed by atoms with van der Waals surface area (Å²) in [5.74, 6) is 0.543. The Morgan fingerprint density at radius 1 is 1.15 bits per heavy atom. The van der Waals surface area contributed by atoms with Gasteiger partial charge in [-0.3, -0.25) is 4.79 Å². The van der Waals surface area contributed by atoms with Crippen LogP contribution in [0.25, 0.3) is 0 Å². The quantitative estimate of drug-likeness (QED) is 0.612. The van der Waals surface area contributed by atoms with Crippen LogP contribution in [0.3, 0.4) is 0 Å². The molecule has 0 aliphatic carbocycles. The van der Waals surface area contributed by atoms with Crippen molar-refractivity contribution in [1.82, 2.24) is 25.1 Å². The summed E-state index contributed by atoms with van der Waals surface area (Å²) < 4.78 is 50.7. The van der Waals surface area contributed by atoms with Gasteiger partial charge in [0, 0.05) is 39.6 Å². The zero-order valence-electron chi connectivity index (χ0n) is 18.8. The Bertz CT molecular complexity index is 1010. The highest BCUT2D eigenvalue weighted by Gasteiger charge is 2.40. The summed E-state index contributed by atoms with van der Waals surface area (Å²) >= 11 is 0. The van der Waals surface area contributed by atoms with E-state index in [1.54, 1.807) is 7.11 Å². The van der Waals surface area contributed by atoms with Crippen molar-refractivity contribution in [3.8, 4) is 5.75 Å². The number of carbonyl (C=O) groups is 1. The fraction of sp³-hybridized carbons (Fsp3) is 0.545. The number of nitrogens with zero attached hydrogens (tertiary/aromatic N) is 5. The lowest BCUT2D eigenvalue weighted by Gasteiger charge is -2.35. The summed E-state index contributed by atoms with van der Waals surface area (Å²) in [7, 11) is 1.57. The van der Waals surface area contributed by atoms with E-state index < -0.39 is 12.0 Å². The average Bonchev–Trinajstić information content (AvgIpc) is 3.27. The number of rotatable bonds is 7. The summed E-state index contributed by atoms with van der Waals surface area (Å²) in [5.41, 5.74) is 1.17. The molecule has 2 aromatic rings. The number of hydrogen-bond acceptors (Lipinski definition) is 7. The number of piperidine rings is 1. The molecule has 1 fully saturated rings. The molecular formula is C22H27F3N6O3. The number of methoxy groups -OCH3 is 1. The number of hydrogen-bond donors (Lipinski definition) is 1. The Morgan fingerprint density at radius 3 is 2.56 bits per heavy atom. The highest BCUT2D eigenvalue weighted by atomic mass is 19.4. The minimum absolute atomic E-state index is 0.0617. The number of carbonyl (C=O) groups excluding carboxylic acids is 1. The Morgan fingerprint density at radius 2 is 1.88 bits per heavy atom. The lowest BCUT2D eigenvalue weighted by atomic mass is 9.89. The predicted molar refractivity (Wildman–Crippen MR) is 117 cm³/mol. The molecule has 0 spiro atoms. The molecule has 1 saturated heterocycles. The van der Waals surface area contributed by atoms with Gasteiger partial charge < -0.3 is 19.7 Å². The van der Waals surface area contributed by atoms with Crippen LogP contribution in [0.2, 0.25) is 0 Å². The molecule has 1 aromatic heterocycles. The molecule has 0 saturated carbocycles. The molecule has 0 unspecified atom stereocenters. The molecule has 3 heterocycles. The van der Waals surface area contributed by atoms with E-state index in [-0.39, 0.29) is 18.3 Å². The number of benzene rings is 1. The van der Waals surface area contributed by atoms with E-state index in [1.165, 1.54) is 5.56 Å². The first-order valence-corrected chi connectivity index (χ1v) is 11.2. The normalized spacial score (nSPS) is 16.7. The highest BCUT2D eigenvalue weighted by Crippen LogP contribution is 2.32. The summed E-state index contributed by atoms with van der Waals surface area (Å²) in [6.45, 7) is 2.24. The Hall–Kier alpha value is -3.15. The third-order valence-corrected chi connectivity index (χ3v) is 5.96. The van der Waals surface area contributed by atoms with Crippen LogP contribution >= 0.6 is 0 Å². The van der Waals surface area contributed by atoms with Gasteiger partial charge in [-0.2, -0.15) is 22.9 Å². The number of alkyl halides is 3. The van der Waals surface area contributed by atoms with Crippen LogP contribution in [-0.4, -0.2) is 71.5 Å². The number of amides is 1. The van der Waals surface area contributed by atoms with Crippen molar-refractivity contribution >= 4 is 11.7 Å². The molecule has 2 aliphatic heterocycles. The molecule has 2 aliphatic rings. The van der Waals surface area contributed by atoms with Crippen molar-refractivity contribution in [3.05, 3.63) is 41.5 Å². The zero-order chi connectivity index (χ0) is 24.1. The molecule has 0 radical (unpaired) electrons. The second-order valence-electron chi connectivity index (χ2n) is 8.23. The highest BCUT2D eigenvalue weighted by molar-refractivity contribution is 5.83. The molecule has 9 nitrogen and oxygen atoms in total. The van der Waals surface area contributed by atoms with Crippen molar-refractivity contribution < 1.29 is 27.4 Å². The number of nitrogens with one attached hydrogen (secondary N) is 1. The van der Waals surface area contributed by atoms with Crippen molar-refractivity contribution in [2.45, 2.75) is 37.8 Å². The molecule has 184 valence electrons. The van der Waals surface area contributed by atoms with Gasteiger partial charge in [0.1, 0.15) is 11.6 Å². The summed E-state index contributed by atoms with van der Waals surface area (Å²) in [4.78, 5) is 13.8. The number of amidine groups is 1. The van der Waals surface area contributed by atoms with Gasteiger partial charge in [0.25, 0.3) is 11.7 Å². The average molecular weight is 480 g/mol. The maximum atomic E-state index is 13.2. The molecule has 0 atom stereocenters. The lowest BCUT2D eigenvalue weighted by molar-refractivity contribution is -0.147.